The number of rotatable bonds is 7. The van der Waals surface area contributed by atoms with Gasteiger partial charge in [0.2, 0.25) is 5.91 Å². The maximum Gasteiger partial charge on any atom is 0.414 e. The maximum absolute atomic E-state index is 13.1. The number of carbonyl (C=O) groups is 4. The standard InChI is InChI=1S/C23H27N5O6S/c1-3-33-20(31)23(2)9-4-10-27(19(23)30)14-5-7-15(8-6-14)28-13-16(34-22(28)32)11-25-18(29)17-12-26-21(24)35-17/h5-8,12,16H,3-4,9-11,13H2,1-2H3,(H2,24,26)(H,25,29)/t16-,23?/m1/s1. The molecule has 0 spiro atoms. The number of thiazole rings is 1. The summed E-state index contributed by atoms with van der Waals surface area (Å²) < 4.78 is 10.5. The van der Waals surface area contributed by atoms with Gasteiger partial charge in [-0.3, -0.25) is 19.3 Å². The second-order valence-corrected chi connectivity index (χ2v) is 9.58. The molecule has 2 fully saturated rings. The number of hydrogen-bond donors (Lipinski definition) is 2. The SMILES string of the molecule is CCOC(=O)C1(C)CCCN(c2ccc(N3C[C@@H](CNC(=O)c4cnc(N)s4)OC3=O)cc2)C1=O. The van der Waals surface area contributed by atoms with Gasteiger partial charge in [-0.15, -0.1) is 0 Å². The predicted octanol–water partition coefficient (Wildman–Crippen LogP) is 2.18. The van der Waals surface area contributed by atoms with Crippen LogP contribution in [0.1, 0.15) is 36.4 Å². The van der Waals surface area contributed by atoms with Gasteiger partial charge < -0.3 is 25.4 Å². The van der Waals surface area contributed by atoms with Crippen LogP contribution in [0.15, 0.2) is 30.5 Å². The summed E-state index contributed by atoms with van der Waals surface area (Å²) in [6.07, 6.45) is 1.45. The molecule has 2 aliphatic heterocycles. The van der Waals surface area contributed by atoms with E-state index in [1.165, 1.54) is 11.1 Å². The zero-order valence-corrected chi connectivity index (χ0v) is 20.3. The molecule has 1 unspecified atom stereocenters. The molecule has 2 aromatic rings. The van der Waals surface area contributed by atoms with Crippen molar-refractivity contribution >= 4 is 51.7 Å². The van der Waals surface area contributed by atoms with Crippen molar-refractivity contribution in [2.24, 2.45) is 5.41 Å². The fraction of sp³-hybridized carbons (Fsp3) is 0.435. The number of cyclic esters (lactones) is 1. The lowest BCUT2D eigenvalue weighted by atomic mass is 9.80. The quantitative estimate of drug-likeness (QED) is 0.434. The van der Waals surface area contributed by atoms with Crippen molar-refractivity contribution < 1.29 is 28.7 Å². The van der Waals surface area contributed by atoms with E-state index in [1.54, 1.807) is 43.0 Å². The van der Waals surface area contributed by atoms with Crippen molar-refractivity contribution in [2.45, 2.75) is 32.8 Å². The van der Waals surface area contributed by atoms with E-state index < -0.39 is 23.6 Å². The van der Waals surface area contributed by atoms with Gasteiger partial charge >= 0.3 is 12.1 Å². The summed E-state index contributed by atoms with van der Waals surface area (Å²) >= 11 is 1.08. The molecule has 3 N–H and O–H groups in total. The van der Waals surface area contributed by atoms with E-state index in [2.05, 4.69) is 10.3 Å². The van der Waals surface area contributed by atoms with Crippen LogP contribution < -0.4 is 20.9 Å². The zero-order valence-electron chi connectivity index (χ0n) is 19.5. The van der Waals surface area contributed by atoms with Crippen LogP contribution in [0, 0.1) is 5.41 Å². The van der Waals surface area contributed by atoms with E-state index in [0.29, 0.717) is 40.8 Å². The van der Waals surface area contributed by atoms with Crippen LogP contribution in [0.4, 0.5) is 21.3 Å². The highest BCUT2D eigenvalue weighted by Gasteiger charge is 2.47. The fourth-order valence-electron chi connectivity index (χ4n) is 4.16. The van der Waals surface area contributed by atoms with Gasteiger partial charge in [-0.1, -0.05) is 11.3 Å². The van der Waals surface area contributed by atoms with E-state index in [0.717, 1.165) is 11.3 Å². The molecule has 2 atom stereocenters. The number of piperidine rings is 1. The molecule has 4 rings (SSSR count). The first kappa shape index (κ1) is 24.5. The molecule has 0 saturated carbocycles. The fourth-order valence-corrected chi connectivity index (χ4v) is 4.76. The highest BCUT2D eigenvalue weighted by atomic mass is 32.1. The molecular formula is C23H27N5O6S. The summed E-state index contributed by atoms with van der Waals surface area (Å²) in [7, 11) is 0. The Kier molecular flexibility index (Phi) is 6.92. The third kappa shape index (κ3) is 4.92. The number of benzene rings is 1. The number of ether oxygens (including phenoxy) is 2. The molecule has 11 nitrogen and oxygen atoms in total. The minimum atomic E-state index is -1.21. The third-order valence-electron chi connectivity index (χ3n) is 6.09. The first-order valence-electron chi connectivity index (χ1n) is 11.3. The molecule has 2 saturated heterocycles. The largest absolute Gasteiger partial charge is 0.465 e. The van der Waals surface area contributed by atoms with E-state index in [-0.39, 0.29) is 31.5 Å². The van der Waals surface area contributed by atoms with Gasteiger partial charge in [-0.2, -0.15) is 0 Å². The second kappa shape index (κ2) is 9.90. The maximum atomic E-state index is 13.1. The monoisotopic (exact) mass is 501 g/mol. The summed E-state index contributed by atoms with van der Waals surface area (Å²) in [6, 6.07) is 6.92. The van der Waals surface area contributed by atoms with E-state index in [9.17, 15) is 19.2 Å². The van der Waals surface area contributed by atoms with Crippen molar-refractivity contribution in [3.8, 4) is 0 Å². The smallest absolute Gasteiger partial charge is 0.414 e. The Balaban J connectivity index is 1.38. The highest BCUT2D eigenvalue weighted by Crippen LogP contribution is 2.35. The Hall–Kier alpha value is -3.67. The summed E-state index contributed by atoms with van der Waals surface area (Å²) in [5.74, 6) is -1.14. The van der Waals surface area contributed by atoms with E-state index >= 15 is 0 Å². The molecule has 1 aromatic heterocycles. The van der Waals surface area contributed by atoms with E-state index in [1.807, 2.05) is 0 Å². The van der Waals surface area contributed by atoms with Gasteiger partial charge in [-0.25, -0.2) is 9.78 Å². The van der Waals surface area contributed by atoms with Crippen LogP contribution in [0.2, 0.25) is 0 Å². The number of aromatic nitrogens is 1. The molecule has 35 heavy (non-hydrogen) atoms. The first-order chi connectivity index (χ1) is 16.7. The normalized spacial score (nSPS) is 22.2. The van der Waals surface area contributed by atoms with Gasteiger partial charge in [0, 0.05) is 17.9 Å². The summed E-state index contributed by atoms with van der Waals surface area (Å²) in [5, 5.41) is 3.02. The number of nitrogens with two attached hydrogens (primary N) is 1. The molecule has 3 amide bonds. The zero-order chi connectivity index (χ0) is 25.2. The Bertz CT molecular complexity index is 1140. The van der Waals surface area contributed by atoms with Crippen molar-refractivity contribution in [2.75, 3.05) is 41.8 Å². The number of carbonyl (C=O) groups excluding carboxylic acids is 4. The Morgan fingerprint density at radius 2 is 1.94 bits per heavy atom. The molecule has 12 heteroatoms. The number of nitrogen functional groups attached to an aromatic ring is 1. The summed E-state index contributed by atoms with van der Waals surface area (Å²) in [4.78, 5) is 57.4. The van der Waals surface area contributed by atoms with Crippen molar-refractivity contribution in [3.05, 3.63) is 35.3 Å². The number of nitrogens with zero attached hydrogens (tertiary/aromatic N) is 3. The van der Waals surface area contributed by atoms with Crippen LogP contribution in [-0.2, 0) is 19.1 Å². The van der Waals surface area contributed by atoms with Crippen LogP contribution in [0.25, 0.3) is 0 Å². The molecule has 1 aromatic carbocycles. The molecule has 2 aliphatic rings. The average molecular weight is 502 g/mol. The first-order valence-corrected chi connectivity index (χ1v) is 12.1. The molecule has 186 valence electrons. The van der Waals surface area contributed by atoms with Gasteiger partial charge in [-0.05, 0) is 51.0 Å². The number of esters is 1. The molecule has 0 radical (unpaired) electrons. The van der Waals surface area contributed by atoms with Crippen molar-refractivity contribution in [3.63, 3.8) is 0 Å². The van der Waals surface area contributed by atoms with Gasteiger partial charge in [0.05, 0.1) is 25.9 Å². The number of hydrogen-bond acceptors (Lipinski definition) is 9. The lowest BCUT2D eigenvalue weighted by molar-refractivity contribution is -0.160. The number of anilines is 3. The molecular weight excluding hydrogens is 474 g/mol. The van der Waals surface area contributed by atoms with Gasteiger partial charge in [0.25, 0.3) is 5.91 Å². The highest BCUT2D eigenvalue weighted by molar-refractivity contribution is 7.17. The van der Waals surface area contributed by atoms with E-state index in [4.69, 9.17) is 15.2 Å². The summed E-state index contributed by atoms with van der Waals surface area (Å²) in [5.41, 5.74) is 5.57. The third-order valence-corrected chi connectivity index (χ3v) is 6.91. The van der Waals surface area contributed by atoms with Crippen molar-refractivity contribution in [1.29, 1.82) is 0 Å². The van der Waals surface area contributed by atoms with Crippen LogP contribution in [0.3, 0.4) is 0 Å². The topological polar surface area (TPSA) is 144 Å². The Morgan fingerprint density at radius 1 is 1.26 bits per heavy atom. The summed E-state index contributed by atoms with van der Waals surface area (Å²) in [6.45, 7) is 4.44. The Labute approximate surface area is 206 Å². The second-order valence-electron chi connectivity index (χ2n) is 8.52. The predicted molar refractivity (Wildman–Crippen MR) is 129 cm³/mol. The lowest BCUT2D eigenvalue weighted by Gasteiger charge is -2.37. The van der Waals surface area contributed by atoms with Gasteiger partial charge in [0.1, 0.15) is 16.4 Å². The number of nitrogens with one attached hydrogen (secondary N) is 1. The van der Waals surface area contributed by atoms with Crippen molar-refractivity contribution in [1.82, 2.24) is 10.3 Å². The number of amides is 3. The minimum Gasteiger partial charge on any atom is -0.465 e. The van der Waals surface area contributed by atoms with Gasteiger partial charge in [0.15, 0.2) is 5.13 Å². The molecule has 3 heterocycles. The molecule has 0 aliphatic carbocycles. The average Bonchev–Trinajstić information content (AvgIpc) is 3.45. The molecule has 0 bridgehead atoms. The van der Waals surface area contributed by atoms with Crippen LogP contribution in [0.5, 0.6) is 0 Å². The van der Waals surface area contributed by atoms with Crippen LogP contribution in [-0.4, -0.2) is 61.2 Å². The minimum absolute atomic E-state index is 0.145. The van der Waals surface area contributed by atoms with Crippen LogP contribution >= 0.6 is 11.3 Å². The lowest BCUT2D eigenvalue weighted by Crippen LogP contribution is -2.52. The Morgan fingerprint density at radius 3 is 2.57 bits per heavy atom.